The number of benzene rings is 1. The predicted molar refractivity (Wildman–Crippen MR) is 113 cm³/mol. The van der Waals surface area contributed by atoms with Crippen LogP contribution in [0.4, 0.5) is 5.69 Å². The van der Waals surface area contributed by atoms with Gasteiger partial charge in [-0.3, -0.25) is 4.79 Å². The molecule has 1 amide bonds. The molecule has 5 nitrogen and oxygen atoms in total. The number of anilines is 1. The molecule has 1 aromatic carbocycles. The van der Waals surface area contributed by atoms with Gasteiger partial charge in [0.1, 0.15) is 5.00 Å². The average molecular weight is 397 g/mol. The topological polar surface area (TPSA) is 43.7 Å². The number of amides is 1. The molecule has 28 heavy (non-hydrogen) atoms. The standard InChI is InChI=1S/C22H24N2O3S/c1-23(15-10-11-17(26-2)18(14-15)27-3)21(25)20-16-8-4-5-9-19(16)28-22(20)24-12-6-7-13-24/h6-7,10-14H,4-5,8-9H2,1-3H3. The Hall–Kier alpha value is -2.73. The van der Waals surface area contributed by atoms with Crippen LogP contribution in [0.25, 0.3) is 5.00 Å². The highest BCUT2D eigenvalue weighted by molar-refractivity contribution is 7.15. The summed E-state index contributed by atoms with van der Waals surface area (Å²) in [5.74, 6) is 1.26. The number of methoxy groups -OCH3 is 2. The second kappa shape index (κ2) is 7.72. The molecule has 0 bridgehead atoms. The van der Waals surface area contributed by atoms with Crippen LogP contribution in [0.15, 0.2) is 42.7 Å². The van der Waals surface area contributed by atoms with Crippen LogP contribution in [0.1, 0.15) is 33.6 Å². The molecular weight excluding hydrogens is 372 g/mol. The lowest BCUT2D eigenvalue weighted by Crippen LogP contribution is -2.28. The molecule has 0 saturated heterocycles. The zero-order valence-electron chi connectivity index (χ0n) is 16.4. The first kappa shape index (κ1) is 18.6. The van der Waals surface area contributed by atoms with Gasteiger partial charge in [-0.15, -0.1) is 11.3 Å². The summed E-state index contributed by atoms with van der Waals surface area (Å²) in [6.07, 6.45) is 8.36. The molecule has 1 aliphatic carbocycles. The fourth-order valence-electron chi connectivity index (χ4n) is 3.74. The quantitative estimate of drug-likeness (QED) is 0.627. The molecule has 0 aliphatic heterocycles. The number of fused-ring (bicyclic) bond motifs is 1. The number of ether oxygens (including phenoxy) is 2. The Morgan fingerprint density at radius 2 is 1.79 bits per heavy atom. The molecule has 0 saturated carbocycles. The van der Waals surface area contributed by atoms with Crippen molar-refractivity contribution in [3.8, 4) is 16.5 Å². The van der Waals surface area contributed by atoms with Crippen LogP contribution in [0.3, 0.4) is 0 Å². The summed E-state index contributed by atoms with van der Waals surface area (Å²) in [6.45, 7) is 0. The summed E-state index contributed by atoms with van der Waals surface area (Å²) in [7, 11) is 5.02. The van der Waals surface area contributed by atoms with Gasteiger partial charge in [0.15, 0.2) is 11.5 Å². The summed E-state index contributed by atoms with van der Waals surface area (Å²) >= 11 is 1.75. The fourth-order valence-corrected chi connectivity index (χ4v) is 5.09. The van der Waals surface area contributed by atoms with Gasteiger partial charge in [0, 0.05) is 36.1 Å². The smallest absolute Gasteiger partial charge is 0.261 e. The van der Waals surface area contributed by atoms with Crippen molar-refractivity contribution in [3.05, 3.63) is 58.7 Å². The number of aryl methyl sites for hydroxylation is 1. The van der Waals surface area contributed by atoms with Crippen molar-refractivity contribution in [1.82, 2.24) is 4.57 Å². The fraction of sp³-hybridized carbons (Fsp3) is 0.318. The highest BCUT2D eigenvalue weighted by Crippen LogP contribution is 2.39. The molecule has 6 heteroatoms. The second-order valence-electron chi connectivity index (χ2n) is 6.88. The maximum Gasteiger partial charge on any atom is 0.261 e. The van der Waals surface area contributed by atoms with Crippen molar-refractivity contribution in [2.75, 3.05) is 26.2 Å². The van der Waals surface area contributed by atoms with Gasteiger partial charge >= 0.3 is 0 Å². The minimum absolute atomic E-state index is 0.00956. The third-order valence-corrected chi connectivity index (χ3v) is 6.57. The molecule has 4 rings (SSSR count). The van der Waals surface area contributed by atoms with E-state index in [0.717, 1.165) is 35.5 Å². The summed E-state index contributed by atoms with van der Waals surface area (Å²) in [6, 6.07) is 9.53. The van der Waals surface area contributed by atoms with Gasteiger partial charge in [-0.1, -0.05) is 0 Å². The van der Waals surface area contributed by atoms with Crippen molar-refractivity contribution in [1.29, 1.82) is 0 Å². The number of nitrogens with zero attached hydrogens (tertiary/aromatic N) is 2. The van der Waals surface area contributed by atoms with E-state index in [-0.39, 0.29) is 5.91 Å². The molecule has 0 unspecified atom stereocenters. The number of carbonyl (C=O) groups excluding carboxylic acids is 1. The molecule has 2 heterocycles. The molecule has 3 aromatic rings. The number of rotatable bonds is 5. The van der Waals surface area contributed by atoms with Crippen LogP contribution < -0.4 is 14.4 Å². The van der Waals surface area contributed by atoms with Gasteiger partial charge in [0.2, 0.25) is 0 Å². The van der Waals surface area contributed by atoms with Crippen LogP contribution in [0, 0.1) is 0 Å². The number of thiophene rings is 1. The molecule has 0 radical (unpaired) electrons. The SMILES string of the molecule is COc1ccc(N(C)C(=O)c2c(-n3cccc3)sc3c2CCCC3)cc1OC. The summed E-state index contributed by atoms with van der Waals surface area (Å²) < 4.78 is 12.8. The van der Waals surface area contributed by atoms with E-state index < -0.39 is 0 Å². The monoisotopic (exact) mass is 396 g/mol. The molecule has 146 valence electrons. The second-order valence-corrected chi connectivity index (χ2v) is 7.97. The first-order chi connectivity index (χ1) is 13.6. The highest BCUT2D eigenvalue weighted by atomic mass is 32.1. The normalized spacial score (nSPS) is 13.1. The van der Waals surface area contributed by atoms with Crippen LogP contribution in [0.2, 0.25) is 0 Å². The first-order valence-electron chi connectivity index (χ1n) is 9.42. The minimum Gasteiger partial charge on any atom is -0.493 e. The number of aromatic nitrogens is 1. The van der Waals surface area contributed by atoms with Gasteiger partial charge in [-0.25, -0.2) is 0 Å². The minimum atomic E-state index is 0.00956. The van der Waals surface area contributed by atoms with Gasteiger partial charge in [0.05, 0.1) is 19.8 Å². The van der Waals surface area contributed by atoms with E-state index in [9.17, 15) is 4.79 Å². The molecule has 1 aliphatic rings. The van der Waals surface area contributed by atoms with Crippen LogP contribution in [0.5, 0.6) is 11.5 Å². The molecule has 0 fully saturated rings. The highest BCUT2D eigenvalue weighted by Gasteiger charge is 2.28. The van der Waals surface area contributed by atoms with Crippen LogP contribution >= 0.6 is 11.3 Å². The Morgan fingerprint density at radius 3 is 2.50 bits per heavy atom. The number of carbonyl (C=O) groups is 1. The van der Waals surface area contributed by atoms with E-state index in [2.05, 4.69) is 4.57 Å². The van der Waals surface area contributed by atoms with Gasteiger partial charge in [-0.2, -0.15) is 0 Å². The van der Waals surface area contributed by atoms with Gasteiger partial charge < -0.3 is 18.9 Å². The van der Waals surface area contributed by atoms with Crippen LogP contribution in [-0.4, -0.2) is 31.7 Å². The van der Waals surface area contributed by atoms with Crippen molar-refractivity contribution in [2.45, 2.75) is 25.7 Å². The third kappa shape index (κ3) is 3.18. The summed E-state index contributed by atoms with van der Waals surface area (Å²) in [4.78, 5) is 16.6. The van der Waals surface area contributed by atoms with Crippen molar-refractivity contribution in [2.24, 2.45) is 0 Å². The zero-order chi connectivity index (χ0) is 19.7. The van der Waals surface area contributed by atoms with E-state index in [1.165, 1.54) is 16.9 Å². The lowest BCUT2D eigenvalue weighted by atomic mass is 9.95. The van der Waals surface area contributed by atoms with Crippen molar-refractivity contribution in [3.63, 3.8) is 0 Å². The van der Waals surface area contributed by atoms with Gasteiger partial charge in [0.25, 0.3) is 5.91 Å². The average Bonchev–Trinajstić information content (AvgIpc) is 3.39. The Balaban J connectivity index is 1.76. The maximum absolute atomic E-state index is 13.6. The van der Waals surface area contributed by atoms with Crippen molar-refractivity contribution < 1.29 is 14.3 Å². The Morgan fingerprint density at radius 1 is 1.07 bits per heavy atom. The number of hydrogen-bond acceptors (Lipinski definition) is 4. The summed E-state index contributed by atoms with van der Waals surface area (Å²) in [5.41, 5.74) is 2.82. The zero-order valence-corrected chi connectivity index (χ0v) is 17.2. The lowest BCUT2D eigenvalue weighted by molar-refractivity contribution is 0.0992. The maximum atomic E-state index is 13.6. The van der Waals surface area contributed by atoms with E-state index in [0.29, 0.717) is 11.5 Å². The number of hydrogen-bond donors (Lipinski definition) is 0. The van der Waals surface area contributed by atoms with E-state index >= 15 is 0 Å². The Labute approximate surface area is 169 Å². The van der Waals surface area contributed by atoms with Crippen molar-refractivity contribution >= 4 is 22.9 Å². The van der Waals surface area contributed by atoms with E-state index in [1.54, 1.807) is 30.5 Å². The first-order valence-corrected chi connectivity index (χ1v) is 10.2. The molecular formula is C22H24N2O3S. The van der Waals surface area contributed by atoms with E-state index in [4.69, 9.17) is 9.47 Å². The van der Waals surface area contributed by atoms with Gasteiger partial charge in [-0.05, 0) is 55.5 Å². The Kier molecular flexibility index (Phi) is 5.13. The molecule has 0 atom stereocenters. The largest absolute Gasteiger partial charge is 0.493 e. The molecule has 0 N–H and O–H groups in total. The predicted octanol–water partition coefficient (Wildman–Crippen LogP) is 4.71. The summed E-state index contributed by atoms with van der Waals surface area (Å²) in [5, 5.41) is 1.01. The third-order valence-electron chi connectivity index (χ3n) is 5.26. The molecule has 0 spiro atoms. The lowest BCUT2D eigenvalue weighted by Gasteiger charge is -2.21. The Bertz CT molecular complexity index is 992. The van der Waals surface area contributed by atoms with E-state index in [1.807, 2.05) is 49.8 Å². The van der Waals surface area contributed by atoms with Crippen LogP contribution in [-0.2, 0) is 12.8 Å². The molecule has 2 aromatic heterocycles.